The molecule has 0 saturated carbocycles. The highest BCUT2D eigenvalue weighted by atomic mass is 16.7. The topological polar surface area (TPSA) is 183 Å². The molecule has 222 valence electrons. The number of para-hydroxylation sites is 2. The van der Waals surface area contributed by atoms with E-state index in [1.54, 1.807) is 0 Å². The van der Waals surface area contributed by atoms with E-state index in [1.807, 2.05) is 42.5 Å². The molecular weight excluding hydrogens is 536 g/mol. The van der Waals surface area contributed by atoms with Crippen molar-refractivity contribution in [3.63, 3.8) is 0 Å². The van der Waals surface area contributed by atoms with Crippen LogP contribution in [0.4, 0.5) is 0 Å². The SMILES string of the molecule is CCN(CC)CCNCCC1(c2ccccc2)Oc2ccccc2O1.O=C(O)/C=C\C(=O)O.O=C(O)/C=C\C(=O)O. The number of carboxylic acids is 4. The van der Waals surface area contributed by atoms with Crippen LogP contribution in [0.1, 0.15) is 25.8 Å². The van der Waals surface area contributed by atoms with Crippen molar-refractivity contribution in [2.75, 3.05) is 32.7 Å². The number of rotatable bonds is 13. The fourth-order valence-electron chi connectivity index (χ4n) is 3.49. The Morgan fingerprint density at radius 3 is 1.51 bits per heavy atom. The number of benzene rings is 2. The molecule has 1 aliphatic heterocycles. The first-order valence-electron chi connectivity index (χ1n) is 12.8. The van der Waals surface area contributed by atoms with Gasteiger partial charge in [0.25, 0.3) is 5.79 Å². The number of aliphatic carboxylic acids is 4. The Hall–Kier alpha value is -4.68. The van der Waals surface area contributed by atoms with Crippen LogP contribution in [0.25, 0.3) is 0 Å². The highest BCUT2D eigenvalue weighted by molar-refractivity contribution is 5.90. The van der Waals surface area contributed by atoms with Crippen LogP contribution in [-0.4, -0.2) is 81.9 Å². The Morgan fingerprint density at radius 2 is 1.12 bits per heavy atom. The molecule has 0 spiro atoms. The molecule has 12 nitrogen and oxygen atoms in total. The van der Waals surface area contributed by atoms with Crippen molar-refractivity contribution < 1.29 is 49.1 Å². The lowest BCUT2D eigenvalue weighted by atomic mass is 10.0. The Balaban J connectivity index is 0.000000433. The number of hydrogen-bond donors (Lipinski definition) is 5. The van der Waals surface area contributed by atoms with Crippen LogP contribution < -0.4 is 14.8 Å². The van der Waals surface area contributed by atoms with E-state index in [0.29, 0.717) is 24.3 Å². The molecule has 5 N–H and O–H groups in total. The maximum atomic E-state index is 9.55. The smallest absolute Gasteiger partial charge is 0.328 e. The molecule has 3 rings (SSSR count). The third-order valence-electron chi connectivity index (χ3n) is 5.48. The van der Waals surface area contributed by atoms with Gasteiger partial charge in [-0.25, -0.2) is 19.2 Å². The zero-order valence-corrected chi connectivity index (χ0v) is 22.9. The summed E-state index contributed by atoms with van der Waals surface area (Å²) in [5, 5.41) is 34.8. The van der Waals surface area contributed by atoms with Gasteiger partial charge < -0.3 is 40.1 Å². The van der Waals surface area contributed by atoms with Gasteiger partial charge in [0.1, 0.15) is 0 Å². The predicted octanol–water partition coefficient (Wildman–Crippen LogP) is 3.06. The number of likely N-dealkylation sites (N-methyl/N-ethyl adjacent to an activating group) is 1. The van der Waals surface area contributed by atoms with Crippen LogP contribution in [0.3, 0.4) is 0 Å². The molecule has 0 atom stereocenters. The lowest BCUT2D eigenvalue weighted by Crippen LogP contribution is -2.40. The molecular formula is C29H36N2O10. The minimum atomic E-state index is -1.26. The number of ether oxygens (including phenoxy) is 2. The second-order valence-electron chi connectivity index (χ2n) is 8.32. The second-order valence-corrected chi connectivity index (χ2v) is 8.32. The highest BCUT2D eigenvalue weighted by Gasteiger charge is 2.42. The number of nitrogens with zero attached hydrogens (tertiary/aromatic N) is 1. The number of carboxylic acid groups (broad SMARTS) is 4. The Labute approximate surface area is 238 Å². The van der Waals surface area contributed by atoms with Crippen LogP contribution in [0.15, 0.2) is 78.9 Å². The summed E-state index contributed by atoms with van der Waals surface area (Å²) >= 11 is 0. The third kappa shape index (κ3) is 13.8. The molecule has 12 heteroatoms. The van der Waals surface area contributed by atoms with Crippen LogP contribution in [0, 0.1) is 0 Å². The van der Waals surface area contributed by atoms with E-state index in [-0.39, 0.29) is 0 Å². The van der Waals surface area contributed by atoms with Gasteiger partial charge in [-0.3, -0.25) is 0 Å². The van der Waals surface area contributed by atoms with Gasteiger partial charge in [-0.05, 0) is 25.2 Å². The quantitative estimate of drug-likeness (QED) is 0.175. The van der Waals surface area contributed by atoms with Gasteiger partial charge >= 0.3 is 23.9 Å². The number of fused-ring (bicyclic) bond motifs is 1. The lowest BCUT2D eigenvalue weighted by molar-refractivity contribution is -0.134. The molecule has 0 aliphatic carbocycles. The van der Waals surface area contributed by atoms with E-state index in [1.165, 1.54) is 0 Å². The van der Waals surface area contributed by atoms with Gasteiger partial charge in [0.05, 0.1) is 0 Å². The van der Waals surface area contributed by atoms with Crippen LogP contribution in [0.2, 0.25) is 0 Å². The van der Waals surface area contributed by atoms with Crippen LogP contribution in [0.5, 0.6) is 11.5 Å². The molecule has 1 heterocycles. The molecule has 0 saturated heterocycles. The minimum absolute atomic E-state index is 0.558. The molecule has 0 radical (unpaired) electrons. The van der Waals surface area contributed by atoms with E-state index >= 15 is 0 Å². The maximum Gasteiger partial charge on any atom is 0.328 e. The molecule has 2 aromatic rings. The predicted molar refractivity (Wildman–Crippen MR) is 150 cm³/mol. The van der Waals surface area contributed by atoms with Crippen molar-refractivity contribution in [1.29, 1.82) is 0 Å². The van der Waals surface area contributed by atoms with Crippen molar-refractivity contribution in [2.45, 2.75) is 26.1 Å². The Kier molecular flexibility index (Phi) is 15.6. The largest absolute Gasteiger partial charge is 0.478 e. The average Bonchev–Trinajstić information content (AvgIpc) is 3.34. The van der Waals surface area contributed by atoms with E-state index in [0.717, 1.165) is 56.2 Å². The molecule has 1 aliphatic rings. The number of hydrogen-bond acceptors (Lipinski definition) is 8. The van der Waals surface area contributed by atoms with Crippen molar-refractivity contribution in [1.82, 2.24) is 10.2 Å². The van der Waals surface area contributed by atoms with E-state index in [9.17, 15) is 19.2 Å². The first-order chi connectivity index (χ1) is 19.5. The van der Waals surface area contributed by atoms with E-state index in [4.69, 9.17) is 29.9 Å². The summed E-state index contributed by atoms with van der Waals surface area (Å²) in [7, 11) is 0. The standard InChI is InChI=1S/C21H28N2O2.2C4H4O4/c1-3-23(4-2)17-16-22-15-14-21(18-10-6-5-7-11-18)24-19-12-8-9-13-20(19)25-21;2*5-3(6)1-2-4(7)8/h5-13,22H,3-4,14-17H2,1-2H3;2*1-2H,(H,5,6)(H,7,8)/b;2*2-1-. The van der Waals surface area contributed by atoms with Crippen molar-refractivity contribution in [2.24, 2.45) is 0 Å². The summed E-state index contributed by atoms with van der Waals surface area (Å²) in [5.74, 6) is -4.14. The molecule has 0 unspecified atom stereocenters. The fraction of sp³-hybridized carbons (Fsp3) is 0.310. The fourth-order valence-corrected chi connectivity index (χ4v) is 3.49. The molecule has 0 bridgehead atoms. The zero-order chi connectivity index (χ0) is 30.7. The second kappa shape index (κ2) is 18.6. The lowest BCUT2D eigenvalue weighted by Gasteiger charge is -2.28. The van der Waals surface area contributed by atoms with Gasteiger partial charge in [0, 0.05) is 55.9 Å². The summed E-state index contributed by atoms with van der Waals surface area (Å²) in [5.41, 5.74) is 1.05. The number of carbonyl (C=O) groups is 4. The highest BCUT2D eigenvalue weighted by Crippen LogP contribution is 2.45. The Bertz CT molecular complexity index is 1090. The monoisotopic (exact) mass is 572 g/mol. The maximum absolute atomic E-state index is 9.55. The van der Waals surface area contributed by atoms with E-state index < -0.39 is 29.7 Å². The summed E-state index contributed by atoms with van der Waals surface area (Å²) in [6.07, 6.45) is 2.99. The first-order valence-corrected chi connectivity index (χ1v) is 12.8. The summed E-state index contributed by atoms with van der Waals surface area (Å²) in [6, 6.07) is 18.1. The molecule has 0 amide bonds. The average molecular weight is 573 g/mol. The van der Waals surface area contributed by atoms with E-state index in [2.05, 4.69) is 36.2 Å². The number of nitrogens with one attached hydrogen (secondary N) is 1. The normalized spacial score (nSPS) is 12.8. The van der Waals surface area contributed by atoms with Gasteiger partial charge in [-0.15, -0.1) is 0 Å². The third-order valence-corrected chi connectivity index (χ3v) is 5.48. The van der Waals surface area contributed by atoms with Gasteiger partial charge in [-0.1, -0.05) is 56.3 Å². The van der Waals surface area contributed by atoms with Gasteiger partial charge in [-0.2, -0.15) is 0 Å². The minimum Gasteiger partial charge on any atom is -0.478 e. The van der Waals surface area contributed by atoms with Crippen molar-refractivity contribution in [3.8, 4) is 11.5 Å². The molecule has 41 heavy (non-hydrogen) atoms. The molecule has 0 fully saturated rings. The van der Waals surface area contributed by atoms with Crippen LogP contribution >= 0.6 is 0 Å². The Morgan fingerprint density at radius 1 is 0.707 bits per heavy atom. The summed E-state index contributed by atoms with van der Waals surface area (Å²) < 4.78 is 12.6. The molecule has 0 aromatic heterocycles. The molecule has 2 aromatic carbocycles. The van der Waals surface area contributed by atoms with Crippen molar-refractivity contribution >= 4 is 23.9 Å². The summed E-state index contributed by atoms with van der Waals surface area (Å²) in [4.78, 5) is 40.6. The zero-order valence-electron chi connectivity index (χ0n) is 22.9. The first kappa shape index (κ1) is 34.3. The summed E-state index contributed by atoms with van der Waals surface area (Å²) in [6.45, 7) is 9.45. The van der Waals surface area contributed by atoms with Crippen molar-refractivity contribution in [3.05, 3.63) is 84.5 Å². The van der Waals surface area contributed by atoms with Crippen LogP contribution in [-0.2, 0) is 25.0 Å². The van der Waals surface area contributed by atoms with Gasteiger partial charge in [0.2, 0.25) is 0 Å². The van der Waals surface area contributed by atoms with Gasteiger partial charge in [0.15, 0.2) is 11.5 Å².